The van der Waals surface area contributed by atoms with Crippen molar-refractivity contribution >= 4 is 5.91 Å². The number of benzene rings is 1. The van der Waals surface area contributed by atoms with Crippen molar-refractivity contribution in [1.82, 2.24) is 9.88 Å². The number of nitrogens with zero attached hydrogens (tertiary/aromatic N) is 2. The fourth-order valence-electron chi connectivity index (χ4n) is 7.58. The van der Waals surface area contributed by atoms with E-state index in [1.165, 1.54) is 11.1 Å². The summed E-state index contributed by atoms with van der Waals surface area (Å²) in [6, 6.07) is 7.24. The largest absolute Gasteiger partial charge is 0.394 e. The number of amides is 1. The van der Waals surface area contributed by atoms with E-state index in [0.29, 0.717) is 29.7 Å². The molecule has 4 fully saturated rings. The van der Waals surface area contributed by atoms with Gasteiger partial charge in [0, 0.05) is 47.8 Å². The van der Waals surface area contributed by atoms with E-state index in [4.69, 9.17) is 14.5 Å². The first-order valence-corrected chi connectivity index (χ1v) is 16.8. The maximum Gasteiger partial charge on any atom is 0.260 e. The molecule has 0 bridgehead atoms. The smallest absolute Gasteiger partial charge is 0.260 e. The van der Waals surface area contributed by atoms with Gasteiger partial charge in [-0.1, -0.05) is 29.7 Å². The van der Waals surface area contributed by atoms with E-state index < -0.39 is 104 Å². The average Bonchev–Trinajstić information content (AvgIpc) is 3.71. The third-order valence-corrected chi connectivity index (χ3v) is 10.7. The Morgan fingerprint density at radius 3 is 1.86 bits per heavy atom. The first kappa shape index (κ1) is 35.8. The van der Waals surface area contributed by atoms with Gasteiger partial charge in [0.15, 0.2) is 0 Å². The molecule has 0 radical (unpaired) electrons. The number of hydrogen-bond acceptors (Lipinski definition) is 12. The molecule has 8 N–H and O–H groups in total. The molecular formula is C36H38F2N2O11. The number of aliphatic hydroxyl groups is 8. The molecule has 11 atom stereocenters. The molecule has 4 heterocycles. The summed E-state index contributed by atoms with van der Waals surface area (Å²) >= 11 is 0. The van der Waals surface area contributed by atoms with Crippen LogP contribution in [0.3, 0.4) is 0 Å². The van der Waals surface area contributed by atoms with Crippen molar-refractivity contribution in [2.45, 2.75) is 91.6 Å². The maximum absolute atomic E-state index is 13.8. The second kappa shape index (κ2) is 13.4. The van der Waals surface area contributed by atoms with Crippen LogP contribution >= 0.6 is 0 Å². The lowest BCUT2D eigenvalue weighted by Gasteiger charge is -2.41. The number of fused-ring (bicyclic) bond motifs is 5. The first-order valence-electron chi connectivity index (χ1n) is 16.8. The highest BCUT2D eigenvalue weighted by molar-refractivity contribution is 5.84. The van der Waals surface area contributed by atoms with Crippen LogP contribution in [0.5, 0.6) is 0 Å². The second-order valence-corrected chi connectivity index (χ2v) is 13.8. The van der Waals surface area contributed by atoms with Crippen LogP contribution in [-0.2, 0) is 19.7 Å². The van der Waals surface area contributed by atoms with Crippen LogP contribution < -0.4 is 0 Å². The number of ether oxygens (including phenoxy) is 2. The summed E-state index contributed by atoms with van der Waals surface area (Å²) in [5.74, 6) is 6.53. The lowest BCUT2D eigenvalue weighted by molar-refractivity contribution is -0.214. The molecule has 272 valence electrons. The lowest BCUT2D eigenvalue weighted by atomic mass is 9.70. The summed E-state index contributed by atoms with van der Waals surface area (Å²) in [6.07, 6.45) is -12.2. The zero-order valence-corrected chi connectivity index (χ0v) is 27.1. The molecule has 1 aromatic heterocycles. The molecule has 13 nitrogen and oxygen atoms in total. The van der Waals surface area contributed by atoms with Gasteiger partial charge in [0.1, 0.15) is 67.0 Å². The Hall–Kier alpha value is -3.58. The zero-order valence-electron chi connectivity index (χ0n) is 27.1. The fourth-order valence-corrected chi connectivity index (χ4v) is 7.58. The highest BCUT2D eigenvalue weighted by Gasteiger charge is 2.62. The normalized spacial score (nSPS) is 35.9. The molecule has 3 aliphatic heterocycles. The predicted molar refractivity (Wildman–Crippen MR) is 171 cm³/mol. The standard InChI is InChI=1S/C36H38F2N2O11/c37-36(38)13-22(36)34(49)40-9-7-35(8-10-40)20-11-17(2-5-23-28(43)32(47)30(45)25(15-41)50-23)1-4-19(20)27-21(35)12-18(14-39-27)3-6-24-29(44)33(48)31(46)26(16-42)51-24/h1,4,11-12,14,22-26,28-33,41-48H,7-10,13,15-16H2/t22?,23-,24-,25-,26-,28-,29-,30-,31-,32-,33-/m1/s1. The van der Waals surface area contributed by atoms with E-state index in [1.54, 1.807) is 6.07 Å². The Balaban J connectivity index is 1.21. The van der Waals surface area contributed by atoms with Gasteiger partial charge in [-0.3, -0.25) is 9.78 Å². The fraction of sp³-hybridized carbons (Fsp3) is 0.556. The number of likely N-dealkylation sites (tertiary alicyclic amines) is 1. The van der Waals surface area contributed by atoms with Gasteiger partial charge in [-0.2, -0.15) is 0 Å². The van der Waals surface area contributed by atoms with Gasteiger partial charge in [-0.05, 0) is 42.2 Å². The lowest BCUT2D eigenvalue weighted by Crippen LogP contribution is -2.58. The van der Waals surface area contributed by atoms with E-state index in [2.05, 4.69) is 23.7 Å². The number of alkyl halides is 2. The topological polar surface area (TPSA) is 213 Å². The number of hydrogen-bond donors (Lipinski definition) is 8. The second-order valence-electron chi connectivity index (χ2n) is 13.8. The van der Waals surface area contributed by atoms with Gasteiger partial charge in [0.05, 0.1) is 18.9 Å². The van der Waals surface area contributed by atoms with Gasteiger partial charge in [-0.25, -0.2) is 8.78 Å². The molecule has 51 heavy (non-hydrogen) atoms. The molecule has 2 aromatic rings. The van der Waals surface area contributed by atoms with Gasteiger partial charge in [-0.15, -0.1) is 0 Å². The number of carbonyl (C=O) groups is 1. The van der Waals surface area contributed by atoms with Gasteiger partial charge >= 0.3 is 0 Å². The third-order valence-electron chi connectivity index (χ3n) is 10.7. The van der Waals surface area contributed by atoms with Gasteiger partial charge in [0.2, 0.25) is 5.91 Å². The summed E-state index contributed by atoms with van der Waals surface area (Å²) in [4.78, 5) is 19.1. The van der Waals surface area contributed by atoms with Crippen molar-refractivity contribution in [1.29, 1.82) is 0 Å². The molecule has 1 aromatic carbocycles. The van der Waals surface area contributed by atoms with Crippen molar-refractivity contribution in [2.75, 3.05) is 26.3 Å². The SMILES string of the molecule is O=C(C1CC1(F)F)N1CCC2(CC1)c1cc(C#C[C@H]3O[C@H](CO)[C@@H](O)[C@H](O)[C@@H]3O)ccc1-c1ncc(C#C[C@H]3O[C@H](CO)[C@@H](O)[C@H](O)[C@@H]3O)cc12. The number of aliphatic hydroxyl groups excluding tert-OH is 8. The van der Waals surface area contributed by atoms with Crippen molar-refractivity contribution in [3.05, 3.63) is 52.7 Å². The Morgan fingerprint density at radius 2 is 1.33 bits per heavy atom. The van der Waals surface area contributed by atoms with Crippen LogP contribution in [0, 0.1) is 29.6 Å². The van der Waals surface area contributed by atoms with Crippen LogP contribution in [0.25, 0.3) is 11.3 Å². The molecule has 1 saturated carbocycles. The van der Waals surface area contributed by atoms with Crippen molar-refractivity contribution < 1.29 is 63.9 Å². The van der Waals surface area contributed by atoms with Crippen molar-refractivity contribution in [3.8, 4) is 34.9 Å². The highest BCUT2D eigenvalue weighted by atomic mass is 19.3. The van der Waals surface area contributed by atoms with Gasteiger partial charge in [0.25, 0.3) is 5.92 Å². The van der Waals surface area contributed by atoms with Crippen LogP contribution in [0.1, 0.15) is 41.5 Å². The number of carbonyl (C=O) groups excluding carboxylic acids is 1. The minimum atomic E-state index is -2.99. The molecule has 15 heteroatoms. The first-order chi connectivity index (χ1) is 24.3. The van der Waals surface area contributed by atoms with Crippen LogP contribution in [0.4, 0.5) is 8.78 Å². The molecular weight excluding hydrogens is 674 g/mol. The number of rotatable bonds is 3. The van der Waals surface area contributed by atoms with E-state index >= 15 is 0 Å². The Bertz CT molecular complexity index is 1700. The quantitative estimate of drug-likeness (QED) is 0.163. The Labute approximate surface area is 291 Å². The zero-order chi connectivity index (χ0) is 36.4. The number of pyridine rings is 1. The minimum absolute atomic E-state index is 0.200. The number of halogens is 2. The summed E-state index contributed by atoms with van der Waals surface area (Å²) in [7, 11) is 0. The van der Waals surface area contributed by atoms with E-state index in [1.807, 2.05) is 18.2 Å². The molecule has 5 aliphatic rings. The molecule has 1 spiro atoms. The Morgan fingerprint density at radius 1 is 0.804 bits per heavy atom. The molecule has 2 aliphatic carbocycles. The summed E-state index contributed by atoms with van der Waals surface area (Å²) in [5.41, 5.74) is 3.24. The maximum atomic E-state index is 13.8. The predicted octanol–water partition coefficient (Wildman–Crippen LogP) is -1.99. The van der Waals surface area contributed by atoms with E-state index in [-0.39, 0.29) is 13.1 Å². The molecule has 3 saturated heterocycles. The average molecular weight is 713 g/mol. The van der Waals surface area contributed by atoms with Crippen LogP contribution in [-0.4, -0.2) is 150 Å². The minimum Gasteiger partial charge on any atom is -0.394 e. The third kappa shape index (κ3) is 6.21. The number of piperidine rings is 1. The summed E-state index contributed by atoms with van der Waals surface area (Å²) in [5, 5.41) is 80.6. The van der Waals surface area contributed by atoms with Gasteiger partial charge < -0.3 is 55.2 Å². The summed E-state index contributed by atoms with van der Waals surface area (Å²) < 4.78 is 38.6. The van der Waals surface area contributed by atoms with E-state index in [9.17, 15) is 54.4 Å². The highest BCUT2D eigenvalue weighted by Crippen LogP contribution is 2.55. The summed E-state index contributed by atoms with van der Waals surface area (Å²) in [6.45, 7) is -0.794. The van der Waals surface area contributed by atoms with Crippen molar-refractivity contribution in [2.24, 2.45) is 5.92 Å². The molecule has 7 rings (SSSR count). The van der Waals surface area contributed by atoms with E-state index in [0.717, 1.165) is 16.7 Å². The molecule has 1 unspecified atom stereocenters. The monoisotopic (exact) mass is 712 g/mol. The molecule has 1 amide bonds. The van der Waals surface area contributed by atoms with Crippen LogP contribution in [0.15, 0.2) is 30.5 Å². The van der Waals surface area contributed by atoms with Crippen molar-refractivity contribution in [3.63, 3.8) is 0 Å². The number of aromatic nitrogens is 1. The van der Waals surface area contributed by atoms with Crippen LogP contribution in [0.2, 0.25) is 0 Å². The Kier molecular flexibility index (Phi) is 9.43.